The number of aromatic nitrogens is 4. The fourth-order valence-corrected chi connectivity index (χ4v) is 3.13. The van der Waals surface area contributed by atoms with Crippen molar-refractivity contribution in [1.82, 2.24) is 20.2 Å². The van der Waals surface area contributed by atoms with Crippen molar-refractivity contribution in [2.24, 2.45) is 0 Å². The lowest BCUT2D eigenvalue weighted by Crippen LogP contribution is -2.33. The summed E-state index contributed by atoms with van der Waals surface area (Å²) in [6.07, 6.45) is 0. The van der Waals surface area contributed by atoms with Crippen molar-refractivity contribution >= 4 is 35.1 Å². The van der Waals surface area contributed by atoms with Gasteiger partial charge in [-0.3, -0.25) is 0 Å². The lowest BCUT2D eigenvalue weighted by Gasteiger charge is -2.30. The minimum atomic E-state index is -0.639. The normalized spacial score (nSPS) is 17.1. The molecule has 0 amide bonds. The Hall–Kier alpha value is -2.12. The Kier molecular flexibility index (Phi) is 4.47. The molecule has 1 aliphatic rings. The third-order valence-corrected chi connectivity index (χ3v) is 4.15. The SMILES string of the molecule is CC1=C(C(=O)OC(C)(C)C)[C@@H](c2ccc(Cl)cc2Cl)n2nnnc2N1. The molecular formula is C16H17Cl2N5O2. The Bertz CT molecular complexity index is 870. The zero-order valence-corrected chi connectivity index (χ0v) is 15.7. The fraction of sp³-hybridized carbons (Fsp3) is 0.375. The summed E-state index contributed by atoms with van der Waals surface area (Å²) < 4.78 is 7.07. The molecule has 132 valence electrons. The number of carbonyl (C=O) groups excluding carboxylic acids is 1. The molecule has 0 radical (unpaired) electrons. The molecule has 0 spiro atoms. The third-order valence-electron chi connectivity index (χ3n) is 3.59. The van der Waals surface area contributed by atoms with Crippen LogP contribution in [0.5, 0.6) is 0 Å². The minimum Gasteiger partial charge on any atom is -0.456 e. The van der Waals surface area contributed by atoms with Crippen LogP contribution in [0.2, 0.25) is 10.0 Å². The molecule has 0 saturated carbocycles. The maximum Gasteiger partial charge on any atom is 0.338 e. The molecule has 1 N–H and O–H groups in total. The molecule has 0 saturated heterocycles. The predicted molar refractivity (Wildman–Crippen MR) is 94.6 cm³/mol. The van der Waals surface area contributed by atoms with E-state index in [1.54, 1.807) is 25.1 Å². The average molecular weight is 382 g/mol. The summed E-state index contributed by atoms with van der Waals surface area (Å²) in [5.41, 5.74) is 1.01. The second-order valence-electron chi connectivity index (χ2n) is 6.68. The molecule has 2 heterocycles. The molecular weight excluding hydrogens is 365 g/mol. The summed E-state index contributed by atoms with van der Waals surface area (Å²) in [5, 5.41) is 15.6. The van der Waals surface area contributed by atoms with Gasteiger partial charge in [-0.1, -0.05) is 34.4 Å². The molecule has 0 unspecified atom stereocenters. The number of anilines is 1. The van der Waals surface area contributed by atoms with E-state index in [0.717, 1.165) is 0 Å². The molecule has 1 aromatic heterocycles. The summed E-state index contributed by atoms with van der Waals surface area (Å²) in [4.78, 5) is 12.8. The Balaban J connectivity index is 2.15. The molecule has 2 aromatic rings. The van der Waals surface area contributed by atoms with Crippen LogP contribution >= 0.6 is 23.2 Å². The van der Waals surface area contributed by atoms with E-state index in [1.165, 1.54) is 4.68 Å². The topological polar surface area (TPSA) is 81.9 Å². The van der Waals surface area contributed by atoms with Crippen LogP contribution in [0.15, 0.2) is 29.5 Å². The molecule has 0 bridgehead atoms. The predicted octanol–water partition coefficient (Wildman–Crippen LogP) is 3.61. The number of benzene rings is 1. The lowest BCUT2D eigenvalue weighted by molar-refractivity contribution is -0.150. The lowest BCUT2D eigenvalue weighted by atomic mass is 9.95. The summed E-state index contributed by atoms with van der Waals surface area (Å²) >= 11 is 12.4. The monoisotopic (exact) mass is 381 g/mol. The fourth-order valence-electron chi connectivity index (χ4n) is 2.62. The first-order chi connectivity index (χ1) is 11.7. The van der Waals surface area contributed by atoms with Gasteiger partial charge in [0.1, 0.15) is 11.6 Å². The van der Waals surface area contributed by atoms with Crippen LogP contribution in [0.4, 0.5) is 5.95 Å². The number of nitrogens with one attached hydrogen (secondary N) is 1. The Morgan fingerprint density at radius 3 is 2.68 bits per heavy atom. The van der Waals surface area contributed by atoms with Gasteiger partial charge in [0.15, 0.2) is 0 Å². The number of rotatable bonds is 2. The number of tetrazole rings is 1. The van der Waals surface area contributed by atoms with E-state index in [2.05, 4.69) is 20.8 Å². The summed E-state index contributed by atoms with van der Waals surface area (Å²) in [7, 11) is 0. The number of halogens is 2. The maximum atomic E-state index is 12.8. The summed E-state index contributed by atoms with van der Waals surface area (Å²) in [5.74, 6) is -0.0458. The van der Waals surface area contributed by atoms with Crippen LogP contribution in [0.3, 0.4) is 0 Å². The standard InChI is InChI=1S/C16H17Cl2N5O2/c1-8-12(14(24)25-16(2,3)4)13(23-15(19-8)20-21-22-23)10-6-5-9(17)7-11(10)18/h5-7,13H,1-4H3,(H,19,20,22)/t13-/m1/s1. The van der Waals surface area contributed by atoms with Crippen LogP contribution in [-0.2, 0) is 9.53 Å². The molecule has 0 aliphatic carbocycles. The molecule has 0 fully saturated rings. The number of ether oxygens (including phenoxy) is 1. The highest BCUT2D eigenvalue weighted by Crippen LogP contribution is 2.39. The van der Waals surface area contributed by atoms with E-state index < -0.39 is 17.6 Å². The van der Waals surface area contributed by atoms with Crippen LogP contribution in [0.1, 0.15) is 39.3 Å². The van der Waals surface area contributed by atoms with Crippen molar-refractivity contribution in [3.63, 3.8) is 0 Å². The van der Waals surface area contributed by atoms with Crippen molar-refractivity contribution in [1.29, 1.82) is 0 Å². The van der Waals surface area contributed by atoms with Crippen molar-refractivity contribution in [3.05, 3.63) is 45.1 Å². The Morgan fingerprint density at radius 2 is 2.04 bits per heavy atom. The van der Waals surface area contributed by atoms with Gasteiger partial charge >= 0.3 is 5.97 Å². The zero-order chi connectivity index (χ0) is 18.4. The van der Waals surface area contributed by atoms with E-state index in [0.29, 0.717) is 32.8 Å². The molecule has 9 heteroatoms. The first kappa shape index (κ1) is 17.7. The number of hydrogen-bond acceptors (Lipinski definition) is 6. The van der Waals surface area contributed by atoms with Crippen LogP contribution in [0.25, 0.3) is 0 Å². The maximum absolute atomic E-state index is 12.8. The highest BCUT2D eigenvalue weighted by Gasteiger charge is 2.37. The average Bonchev–Trinajstić information content (AvgIpc) is 2.92. The molecule has 1 aliphatic heterocycles. The number of fused-ring (bicyclic) bond motifs is 1. The second kappa shape index (κ2) is 6.31. The number of esters is 1. The molecule has 25 heavy (non-hydrogen) atoms. The van der Waals surface area contributed by atoms with Gasteiger partial charge in [0.2, 0.25) is 5.95 Å². The van der Waals surface area contributed by atoms with Gasteiger partial charge in [-0.15, -0.1) is 0 Å². The van der Waals surface area contributed by atoms with Gasteiger partial charge in [-0.2, -0.15) is 4.68 Å². The number of nitrogens with zero attached hydrogens (tertiary/aromatic N) is 4. The molecule has 3 rings (SSSR count). The van der Waals surface area contributed by atoms with Crippen molar-refractivity contribution in [2.45, 2.75) is 39.3 Å². The van der Waals surface area contributed by atoms with Gasteiger partial charge < -0.3 is 10.1 Å². The van der Waals surface area contributed by atoms with Crippen LogP contribution in [0, 0.1) is 0 Å². The number of carbonyl (C=O) groups is 1. The quantitative estimate of drug-likeness (QED) is 0.800. The molecule has 1 atom stereocenters. The van der Waals surface area contributed by atoms with Crippen molar-refractivity contribution in [2.75, 3.05) is 5.32 Å². The largest absolute Gasteiger partial charge is 0.456 e. The van der Waals surface area contributed by atoms with Gasteiger partial charge in [0, 0.05) is 21.3 Å². The first-order valence-corrected chi connectivity index (χ1v) is 8.37. The van der Waals surface area contributed by atoms with Gasteiger partial charge in [-0.25, -0.2) is 4.79 Å². The van der Waals surface area contributed by atoms with Crippen molar-refractivity contribution < 1.29 is 9.53 Å². The summed E-state index contributed by atoms with van der Waals surface area (Å²) in [6, 6.07) is 4.46. The van der Waals surface area contributed by atoms with Crippen LogP contribution < -0.4 is 5.32 Å². The Morgan fingerprint density at radius 1 is 1.32 bits per heavy atom. The molecule has 1 aromatic carbocycles. The van der Waals surface area contributed by atoms with E-state index in [1.807, 2.05) is 20.8 Å². The summed E-state index contributed by atoms with van der Waals surface area (Å²) in [6.45, 7) is 7.20. The first-order valence-electron chi connectivity index (χ1n) is 7.61. The smallest absolute Gasteiger partial charge is 0.338 e. The Labute approximate surface area is 154 Å². The van der Waals surface area contributed by atoms with Crippen LogP contribution in [-0.4, -0.2) is 31.8 Å². The van der Waals surface area contributed by atoms with E-state index >= 15 is 0 Å². The van der Waals surface area contributed by atoms with E-state index in [9.17, 15) is 4.79 Å². The van der Waals surface area contributed by atoms with Crippen molar-refractivity contribution in [3.8, 4) is 0 Å². The van der Waals surface area contributed by atoms with Gasteiger partial charge in [-0.05, 0) is 50.3 Å². The zero-order valence-electron chi connectivity index (χ0n) is 14.2. The number of allylic oxidation sites excluding steroid dienone is 1. The van der Waals surface area contributed by atoms with Gasteiger partial charge in [0.25, 0.3) is 0 Å². The minimum absolute atomic E-state index is 0.388. The third kappa shape index (κ3) is 3.48. The van der Waals surface area contributed by atoms with E-state index in [4.69, 9.17) is 27.9 Å². The number of hydrogen-bond donors (Lipinski definition) is 1. The highest BCUT2D eigenvalue weighted by atomic mass is 35.5. The van der Waals surface area contributed by atoms with E-state index in [-0.39, 0.29) is 0 Å². The van der Waals surface area contributed by atoms with Gasteiger partial charge in [0.05, 0.1) is 5.57 Å². The molecule has 7 nitrogen and oxygen atoms in total. The second-order valence-corrected chi connectivity index (χ2v) is 7.52. The highest BCUT2D eigenvalue weighted by molar-refractivity contribution is 6.35.